The number of hydrogen-bond donors (Lipinski definition) is 3. The van der Waals surface area contributed by atoms with Crippen LogP contribution in [-0.4, -0.2) is 57.1 Å². The van der Waals surface area contributed by atoms with Crippen LogP contribution in [0.5, 0.6) is 0 Å². The third kappa shape index (κ3) is 6.34. The van der Waals surface area contributed by atoms with E-state index in [4.69, 9.17) is 0 Å². The summed E-state index contributed by atoms with van der Waals surface area (Å²) in [6.45, 7) is 0.225. The number of thiazole rings is 1. The topological polar surface area (TPSA) is 107 Å². The van der Waals surface area contributed by atoms with Crippen LogP contribution in [0.3, 0.4) is 0 Å². The zero-order valence-corrected chi connectivity index (χ0v) is 22.5. The van der Waals surface area contributed by atoms with Crippen LogP contribution >= 0.6 is 11.3 Å². The normalized spacial score (nSPS) is 23.2. The first-order chi connectivity index (χ1) is 19.1. The molecule has 3 N–H and O–H groups in total. The largest absolute Gasteiger partial charge is 0.416 e. The monoisotopic (exact) mass is 573 g/mol. The molecule has 1 aromatic carbocycles. The summed E-state index contributed by atoms with van der Waals surface area (Å²) >= 11 is 1.45. The lowest BCUT2D eigenvalue weighted by Crippen LogP contribution is -2.52. The molecule has 5 rings (SSSR count). The Morgan fingerprint density at radius 3 is 2.62 bits per heavy atom. The Morgan fingerprint density at radius 2 is 1.90 bits per heavy atom. The molecule has 0 unspecified atom stereocenters. The highest BCUT2D eigenvalue weighted by Crippen LogP contribution is 2.41. The van der Waals surface area contributed by atoms with Gasteiger partial charge in [0.15, 0.2) is 0 Å². The van der Waals surface area contributed by atoms with Crippen LogP contribution in [0, 0.1) is 0 Å². The van der Waals surface area contributed by atoms with Gasteiger partial charge in [-0.25, -0.2) is 4.98 Å². The van der Waals surface area contributed by atoms with Crippen LogP contribution < -0.4 is 10.6 Å². The number of alkyl halides is 3. The summed E-state index contributed by atoms with van der Waals surface area (Å²) in [6, 6.07) is 9.89. The van der Waals surface area contributed by atoms with Crippen LogP contribution in [0.4, 0.5) is 13.2 Å². The van der Waals surface area contributed by atoms with E-state index in [1.807, 2.05) is 18.2 Å². The number of nitrogens with zero attached hydrogens (tertiary/aromatic N) is 3. The van der Waals surface area contributed by atoms with E-state index in [9.17, 15) is 27.9 Å². The van der Waals surface area contributed by atoms with Crippen molar-refractivity contribution in [1.82, 2.24) is 25.5 Å². The van der Waals surface area contributed by atoms with Gasteiger partial charge < -0.3 is 15.3 Å². The van der Waals surface area contributed by atoms with Gasteiger partial charge in [-0.3, -0.25) is 19.9 Å². The van der Waals surface area contributed by atoms with Gasteiger partial charge in [-0.15, -0.1) is 11.3 Å². The van der Waals surface area contributed by atoms with E-state index in [1.54, 1.807) is 17.3 Å². The maximum absolute atomic E-state index is 13.0. The number of amides is 2. The van der Waals surface area contributed by atoms with E-state index in [0.717, 1.165) is 35.5 Å². The fraction of sp³-hybridized carbons (Fsp3) is 0.429. The highest BCUT2D eigenvalue weighted by atomic mass is 32.1. The number of nitrogens with one attached hydrogen (secondary N) is 2. The van der Waals surface area contributed by atoms with Crippen LogP contribution in [0.1, 0.15) is 59.5 Å². The minimum absolute atomic E-state index is 0.105. The van der Waals surface area contributed by atoms with Gasteiger partial charge in [-0.05, 0) is 68.9 Å². The van der Waals surface area contributed by atoms with E-state index in [-0.39, 0.29) is 30.2 Å². The summed E-state index contributed by atoms with van der Waals surface area (Å²) in [5.41, 5.74) is -1.25. The summed E-state index contributed by atoms with van der Waals surface area (Å²) in [7, 11) is 0. The molecule has 3 heterocycles. The number of carbonyl (C=O) groups is 2. The van der Waals surface area contributed by atoms with Crippen LogP contribution in [0.2, 0.25) is 0 Å². The van der Waals surface area contributed by atoms with Crippen molar-refractivity contribution in [2.45, 2.75) is 62.5 Å². The number of hydrogen-bond acceptors (Lipinski definition) is 7. The zero-order valence-electron chi connectivity index (χ0n) is 21.7. The molecular formula is C28H30F3N5O3S. The maximum atomic E-state index is 13.0. The van der Waals surface area contributed by atoms with Crippen molar-refractivity contribution >= 4 is 23.2 Å². The lowest BCUT2D eigenvalue weighted by atomic mass is 9.82. The maximum Gasteiger partial charge on any atom is 0.416 e. The molecule has 2 fully saturated rings. The standard InChI is InChI=1S/C28H30F3N5O3S/c29-28(30,31)19-6-3-5-18(15-19)25(38)33-17-24(37)36-14-4-8-23(36)35-20-9-11-27(39,12-10-20)26-34-16-22(40-26)21-7-1-2-13-32-21/h1-3,5-7,13,15-16,20,23,35,39H,4,8-12,14,17H2,(H,33,38)/t20?,23-,27?/m0/s1. The average Bonchev–Trinajstić information content (AvgIpc) is 3.64. The van der Waals surface area contributed by atoms with Crippen LogP contribution in [-0.2, 0) is 16.6 Å². The minimum Gasteiger partial charge on any atom is -0.383 e. The van der Waals surface area contributed by atoms with Crippen molar-refractivity contribution in [3.8, 4) is 10.6 Å². The molecule has 3 aromatic rings. The van der Waals surface area contributed by atoms with Crippen molar-refractivity contribution in [2.75, 3.05) is 13.1 Å². The number of rotatable bonds is 7. The SMILES string of the molecule is O=C(NCC(=O)N1CCC[C@H]1NC1CCC(O)(c2ncc(-c3ccccn3)s2)CC1)c1cccc(C(F)(F)F)c1. The second kappa shape index (κ2) is 11.6. The van der Waals surface area contributed by atoms with Crippen molar-refractivity contribution in [2.24, 2.45) is 0 Å². The molecular weight excluding hydrogens is 543 g/mol. The number of aliphatic hydroxyl groups is 1. The van der Waals surface area contributed by atoms with Gasteiger partial charge in [0, 0.05) is 30.5 Å². The molecule has 212 valence electrons. The van der Waals surface area contributed by atoms with Gasteiger partial charge in [0.1, 0.15) is 10.6 Å². The molecule has 1 atom stereocenters. The van der Waals surface area contributed by atoms with E-state index >= 15 is 0 Å². The Kier molecular flexibility index (Phi) is 8.20. The fourth-order valence-electron chi connectivity index (χ4n) is 5.30. The molecule has 2 amide bonds. The van der Waals surface area contributed by atoms with E-state index in [2.05, 4.69) is 20.6 Å². The number of carbonyl (C=O) groups excluding carboxylic acids is 2. The van der Waals surface area contributed by atoms with E-state index < -0.39 is 23.2 Å². The molecule has 2 aliphatic rings. The van der Waals surface area contributed by atoms with E-state index in [0.29, 0.717) is 37.2 Å². The molecule has 12 heteroatoms. The van der Waals surface area contributed by atoms with Crippen molar-refractivity contribution in [3.63, 3.8) is 0 Å². The average molecular weight is 574 g/mol. The Morgan fingerprint density at radius 1 is 1.10 bits per heavy atom. The van der Waals surface area contributed by atoms with Gasteiger partial charge in [-0.1, -0.05) is 12.1 Å². The van der Waals surface area contributed by atoms with Gasteiger partial charge in [0.25, 0.3) is 5.91 Å². The first-order valence-corrected chi connectivity index (χ1v) is 14.1. The molecule has 0 spiro atoms. The van der Waals surface area contributed by atoms with Gasteiger partial charge >= 0.3 is 6.18 Å². The summed E-state index contributed by atoms with van der Waals surface area (Å²) in [6.07, 6.45) is 2.76. The summed E-state index contributed by atoms with van der Waals surface area (Å²) in [5, 5.41) is 18.0. The minimum atomic E-state index is -4.56. The summed E-state index contributed by atoms with van der Waals surface area (Å²) in [4.78, 5) is 36.7. The molecule has 0 bridgehead atoms. The first kappa shape index (κ1) is 28.2. The second-order valence-corrected chi connectivity index (χ2v) is 11.3. The lowest BCUT2D eigenvalue weighted by molar-refractivity contribution is -0.137. The Bertz CT molecular complexity index is 1340. The third-order valence-corrected chi connectivity index (χ3v) is 8.70. The van der Waals surface area contributed by atoms with Crippen LogP contribution in [0.25, 0.3) is 10.6 Å². The van der Waals surface area contributed by atoms with Crippen LogP contribution in [0.15, 0.2) is 54.9 Å². The molecule has 0 radical (unpaired) electrons. The van der Waals surface area contributed by atoms with Gasteiger partial charge in [0.05, 0.1) is 28.8 Å². The van der Waals surface area contributed by atoms with Gasteiger partial charge in [-0.2, -0.15) is 13.2 Å². The summed E-state index contributed by atoms with van der Waals surface area (Å²) < 4.78 is 38.9. The Balaban J connectivity index is 1.12. The lowest BCUT2D eigenvalue weighted by Gasteiger charge is -2.37. The number of halogens is 3. The predicted octanol–water partition coefficient (Wildman–Crippen LogP) is 4.32. The molecule has 1 saturated heterocycles. The third-order valence-electron chi connectivity index (χ3n) is 7.49. The number of likely N-dealkylation sites (tertiary alicyclic amines) is 1. The number of pyridine rings is 1. The van der Waals surface area contributed by atoms with Crippen molar-refractivity contribution in [1.29, 1.82) is 0 Å². The highest BCUT2D eigenvalue weighted by Gasteiger charge is 2.39. The smallest absolute Gasteiger partial charge is 0.383 e. The molecule has 40 heavy (non-hydrogen) atoms. The predicted molar refractivity (Wildman–Crippen MR) is 143 cm³/mol. The van der Waals surface area contributed by atoms with E-state index in [1.165, 1.54) is 23.5 Å². The molecule has 1 aliphatic heterocycles. The molecule has 2 aromatic heterocycles. The fourth-order valence-corrected chi connectivity index (χ4v) is 6.34. The van der Waals surface area contributed by atoms with Crippen molar-refractivity contribution in [3.05, 3.63) is 71.0 Å². The molecule has 1 aliphatic carbocycles. The number of benzene rings is 1. The first-order valence-electron chi connectivity index (χ1n) is 13.2. The van der Waals surface area contributed by atoms with Crippen molar-refractivity contribution < 1.29 is 27.9 Å². The Hall–Kier alpha value is -3.35. The number of aromatic nitrogens is 2. The van der Waals surface area contributed by atoms with Gasteiger partial charge in [0.2, 0.25) is 5.91 Å². The second-order valence-electron chi connectivity index (χ2n) is 10.2. The molecule has 8 nitrogen and oxygen atoms in total. The quantitative estimate of drug-likeness (QED) is 0.389. The Labute approximate surface area is 233 Å². The highest BCUT2D eigenvalue weighted by molar-refractivity contribution is 7.15. The molecule has 1 saturated carbocycles. The zero-order chi connectivity index (χ0) is 28.3. The summed E-state index contributed by atoms with van der Waals surface area (Å²) in [5.74, 6) is -1.03.